The Morgan fingerprint density at radius 2 is 2.33 bits per heavy atom. The van der Waals surface area contributed by atoms with Gasteiger partial charge in [-0.3, -0.25) is 4.57 Å². The molecule has 1 rings (SSSR count). The van der Waals surface area contributed by atoms with E-state index in [0.717, 1.165) is 0 Å². The second kappa shape index (κ2) is 3.58. The van der Waals surface area contributed by atoms with Crippen molar-refractivity contribution in [2.75, 3.05) is 6.61 Å². The Hall–Kier alpha value is -1.03. The summed E-state index contributed by atoms with van der Waals surface area (Å²) < 4.78 is 1.52. The standard InChI is InChI=1S/C8H14N2O2/c1-6(2)7(5-11)10-4-3-9-8(10)12/h3-4,6-7,11H,5H2,1-2H3,(H,9,12). The van der Waals surface area contributed by atoms with Crippen molar-refractivity contribution in [3.8, 4) is 0 Å². The minimum Gasteiger partial charge on any atom is -0.394 e. The van der Waals surface area contributed by atoms with Crippen LogP contribution in [0.5, 0.6) is 0 Å². The van der Waals surface area contributed by atoms with Crippen molar-refractivity contribution < 1.29 is 5.11 Å². The highest BCUT2D eigenvalue weighted by Crippen LogP contribution is 2.13. The van der Waals surface area contributed by atoms with E-state index in [4.69, 9.17) is 5.11 Å². The molecule has 0 radical (unpaired) electrons. The Bertz CT molecular complexity index is 287. The zero-order valence-electron chi connectivity index (χ0n) is 7.32. The molecule has 0 saturated heterocycles. The summed E-state index contributed by atoms with van der Waals surface area (Å²) in [5, 5.41) is 9.02. The van der Waals surface area contributed by atoms with E-state index in [0.29, 0.717) is 0 Å². The van der Waals surface area contributed by atoms with Gasteiger partial charge in [-0.05, 0) is 5.92 Å². The van der Waals surface area contributed by atoms with E-state index in [1.165, 1.54) is 4.57 Å². The minimum atomic E-state index is -0.164. The molecule has 1 heterocycles. The zero-order chi connectivity index (χ0) is 9.14. The molecule has 0 bridgehead atoms. The number of hydrogen-bond donors (Lipinski definition) is 2. The molecular weight excluding hydrogens is 156 g/mol. The summed E-state index contributed by atoms with van der Waals surface area (Å²) in [6, 6.07) is -0.122. The molecule has 0 amide bonds. The smallest absolute Gasteiger partial charge is 0.325 e. The molecule has 0 spiro atoms. The van der Waals surface area contributed by atoms with Crippen molar-refractivity contribution in [2.45, 2.75) is 19.9 Å². The van der Waals surface area contributed by atoms with Gasteiger partial charge in [0, 0.05) is 12.4 Å². The van der Waals surface area contributed by atoms with Crippen LogP contribution in [0, 0.1) is 5.92 Å². The monoisotopic (exact) mass is 170 g/mol. The molecule has 1 atom stereocenters. The predicted octanol–water partition coefficient (Wildman–Crippen LogP) is 0.366. The second-order valence-electron chi connectivity index (χ2n) is 3.17. The van der Waals surface area contributed by atoms with Gasteiger partial charge in [-0.1, -0.05) is 13.8 Å². The zero-order valence-corrected chi connectivity index (χ0v) is 7.32. The molecule has 0 aromatic carbocycles. The molecular formula is C8H14N2O2. The maximum absolute atomic E-state index is 11.1. The quantitative estimate of drug-likeness (QED) is 0.688. The third-order valence-electron chi connectivity index (χ3n) is 1.99. The van der Waals surface area contributed by atoms with Crippen LogP contribution in [0.3, 0.4) is 0 Å². The van der Waals surface area contributed by atoms with Crippen LogP contribution in [-0.2, 0) is 0 Å². The number of nitrogens with zero attached hydrogens (tertiary/aromatic N) is 1. The molecule has 0 aliphatic rings. The summed E-state index contributed by atoms with van der Waals surface area (Å²) in [6.07, 6.45) is 3.23. The number of imidazole rings is 1. The van der Waals surface area contributed by atoms with Gasteiger partial charge in [0.15, 0.2) is 0 Å². The van der Waals surface area contributed by atoms with E-state index in [9.17, 15) is 4.79 Å². The first-order chi connectivity index (χ1) is 5.66. The van der Waals surface area contributed by atoms with Gasteiger partial charge in [0.25, 0.3) is 0 Å². The normalized spacial score (nSPS) is 13.7. The number of aliphatic hydroxyl groups is 1. The van der Waals surface area contributed by atoms with Crippen LogP contribution in [-0.4, -0.2) is 21.3 Å². The molecule has 12 heavy (non-hydrogen) atoms. The van der Waals surface area contributed by atoms with Crippen LogP contribution in [0.1, 0.15) is 19.9 Å². The van der Waals surface area contributed by atoms with E-state index in [-0.39, 0.29) is 24.3 Å². The van der Waals surface area contributed by atoms with Crippen molar-refractivity contribution in [1.29, 1.82) is 0 Å². The Balaban J connectivity index is 2.95. The van der Waals surface area contributed by atoms with Crippen LogP contribution in [0.2, 0.25) is 0 Å². The van der Waals surface area contributed by atoms with Gasteiger partial charge in [0.2, 0.25) is 0 Å². The first-order valence-electron chi connectivity index (χ1n) is 4.03. The summed E-state index contributed by atoms with van der Waals surface area (Å²) in [6.45, 7) is 3.94. The first kappa shape index (κ1) is 9.06. The number of hydrogen-bond acceptors (Lipinski definition) is 2. The largest absolute Gasteiger partial charge is 0.394 e. The predicted molar refractivity (Wildman–Crippen MR) is 46.0 cm³/mol. The van der Waals surface area contributed by atoms with Crippen LogP contribution < -0.4 is 5.69 Å². The van der Waals surface area contributed by atoms with Crippen molar-refractivity contribution in [1.82, 2.24) is 9.55 Å². The summed E-state index contributed by atoms with van der Waals surface area (Å²) in [4.78, 5) is 13.7. The van der Waals surface area contributed by atoms with Gasteiger partial charge in [0.1, 0.15) is 0 Å². The van der Waals surface area contributed by atoms with Gasteiger partial charge >= 0.3 is 5.69 Å². The summed E-state index contributed by atoms with van der Waals surface area (Å²) in [7, 11) is 0. The molecule has 1 unspecified atom stereocenters. The molecule has 1 aromatic rings. The molecule has 1 aromatic heterocycles. The second-order valence-corrected chi connectivity index (χ2v) is 3.17. The van der Waals surface area contributed by atoms with Gasteiger partial charge in [-0.25, -0.2) is 4.79 Å². The number of rotatable bonds is 3. The number of aromatic amines is 1. The van der Waals surface area contributed by atoms with Crippen LogP contribution in [0.25, 0.3) is 0 Å². The molecule has 0 fully saturated rings. The van der Waals surface area contributed by atoms with Gasteiger partial charge in [0.05, 0.1) is 12.6 Å². The number of aliphatic hydroxyl groups excluding tert-OH is 1. The fraction of sp³-hybridized carbons (Fsp3) is 0.625. The van der Waals surface area contributed by atoms with Crippen LogP contribution >= 0.6 is 0 Å². The van der Waals surface area contributed by atoms with E-state index in [2.05, 4.69) is 4.98 Å². The Labute approximate surface area is 70.9 Å². The lowest BCUT2D eigenvalue weighted by atomic mass is 10.1. The third-order valence-corrected chi connectivity index (χ3v) is 1.99. The van der Waals surface area contributed by atoms with E-state index in [1.807, 2.05) is 13.8 Å². The highest BCUT2D eigenvalue weighted by atomic mass is 16.3. The molecule has 0 saturated carbocycles. The van der Waals surface area contributed by atoms with Crippen molar-refractivity contribution in [2.24, 2.45) is 5.92 Å². The molecule has 0 aliphatic heterocycles. The topological polar surface area (TPSA) is 58.0 Å². The first-order valence-corrected chi connectivity index (χ1v) is 4.03. The number of aromatic nitrogens is 2. The van der Waals surface area contributed by atoms with Gasteiger partial charge in [-0.15, -0.1) is 0 Å². The van der Waals surface area contributed by atoms with Crippen LogP contribution in [0.15, 0.2) is 17.2 Å². The Morgan fingerprint density at radius 3 is 2.67 bits per heavy atom. The van der Waals surface area contributed by atoms with E-state index in [1.54, 1.807) is 12.4 Å². The molecule has 2 N–H and O–H groups in total. The van der Waals surface area contributed by atoms with Crippen molar-refractivity contribution >= 4 is 0 Å². The molecule has 4 nitrogen and oxygen atoms in total. The van der Waals surface area contributed by atoms with Gasteiger partial charge in [-0.2, -0.15) is 0 Å². The lowest BCUT2D eigenvalue weighted by molar-refractivity contribution is 0.190. The van der Waals surface area contributed by atoms with Crippen molar-refractivity contribution in [3.05, 3.63) is 22.9 Å². The number of H-pyrrole nitrogens is 1. The summed E-state index contributed by atoms with van der Waals surface area (Å²) >= 11 is 0. The molecule has 0 aliphatic carbocycles. The average molecular weight is 170 g/mol. The van der Waals surface area contributed by atoms with Crippen LogP contribution in [0.4, 0.5) is 0 Å². The maximum Gasteiger partial charge on any atom is 0.325 e. The molecule has 4 heteroatoms. The third kappa shape index (κ3) is 1.58. The van der Waals surface area contributed by atoms with E-state index >= 15 is 0 Å². The van der Waals surface area contributed by atoms with Crippen molar-refractivity contribution in [3.63, 3.8) is 0 Å². The molecule has 68 valence electrons. The fourth-order valence-electron chi connectivity index (χ4n) is 1.21. The summed E-state index contributed by atoms with van der Waals surface area (Å²) in [5.74, 6) is 0.253. The highest BCUT2D eigenvalue weighted by Gasteiger charge is 2.15. The van der Waals surface area contributed by atoms with Gasteiger partial charge < -0.3 is 10.1 Å². The summed E-state index contributed by atoms with van der Waals surface area (Å²) in [5.41, 5.74) is -0.164. The lowest BCUT2D eigenvalue weighted by Crippen LogP contribution is -2.27. The Kier molecular flexibility index (Phi) is 2.70. The SMILES string of the molecule is CC(C)C(CO)n1cc[nH]c1=O. The average Bonchev–Trinajstić information content (AvgIpc) is 2.38. The number of nitrogens with one attached hydrogen (secondary N) is 1. The minimum absolute atomic E-state index is 0.00454. The fourth-order valence-corrected chi connectivity index (χ4v) is 1.21. The van der Waals surface area contributed by atoms with E-state index < -0.39 is 0 Å². The lowest BCUT2D eigenvalue weighted by Gasteiger charge is -2.18. The highest BCUT2D eigenvalue weighted by molar-refractivity contribution is 4.82. The maximum atomic E-state index is 11.1. The Morgan fingerprint density at radius 1 is 1.67 bits per heavy atom.